The molecule has 0 aromatic carbocycles. The van der Waals surface area contributed by atoms with Gasteiger partial charge in [-0.05, 0) is 58.5 Å². The van der Waals surface area contributed by atoms with Crippen LogP contribution in [0.4, 0.5) is 0 Å². The van der Waals surface area contributed by atoms with Gasteiger partial charge in [0.2, 0.25) is 0 Å². The van der Waals surface area contributed by atoms with Gasteiger partial charge in [0.25, 0.3) is 0 Å². The molecule has 0 spiro atoms. The Labute approximate surface area is 114 Å². The summed E-state index contributed by atoms with van der Waals surface area (Å²) in [5.74, 6) is -0.910. The first-order chi connectivity index (χ1) is 7.74. The van der Waals surface area contributed by atoms with Gasteiger partial charge in [0.1, 0.15) is 0 Å². The Balaban J connectivity index is 5.29. The summed E-state index contributed by atoms with van der Waals surface area (Å²) in [6.45, 7) is 16.1. The SMILES string of the molecule is CC(=C[Si](C)(O[Si](C)(C)C)O[Si](C)(C)C)C(=O)O. The van der Waals surface area contributed by atoms with Gasteiger partial charge in [0.05, 0.1) is 0 Å². The van der Waals surface area contributed by atoms with Crippen LogP contribution in [0.2, 0.25) is 45.8 Å². The van der Waals surface area contributed by atoms with Crippen molar-refractivity contribution in [1.29, 1.82) is 0 Å². The lowest BCUT2D eigenvalue weighted by Gasteiger charge is -2.36. The van der Waals surface area contributed by atoms with Crippen molar-refractivity contribution in [2.24, 2.45) is 0 Å². The van der Waals surface area contributed by atoms with E-state index in [1.165, 1.54) is 0 Å². The fourth-order valence-electron chi connectivity index (χ4n) is 1.75. The maximum atomic E-state index is 11.0. The van der Waals surface area contributed by atoms with Gasteiger partial charge in [0, 0.05) is 5.57 Å². The van der Waals surface area contributed by atoms with Crippen LogP contribution < -0.4 is 0 Å². The summed E-state index contributed by atoms with van der Waals surface area (Å²) < 4.78 is 12.3. The average molecular weight is 307 g/mol. The number of carboxylic acids is 1. The van der Waals surface area contributed by atoms with E-state index in [9.17, 15) is 4.79 Å². The van der Waals surface area contributed by atoms with Crippen molar-refractivity contribution in [3.63, 3.8) is 0 Å². The molecule has 0 aliphatic carbocycles. The molecule has 0 unspecified atom stereocenters. The van der Waals surface area contributed by atoms with Crippen molar-refractivity contribution in [2.45, 2.75) is 52.8 Å². The number of hydrogen-bond acceptors (Lipinski definition) is 3. The third kappa shape index (κ3) is 7.98. The minimum atomic E-state index is -2.57. The van der Waals surface area contributed by atoms with Gasteiger partial charge in [-0.3, -0.25) is 0 Å². The van der Waals surface area contributed by atoms with E-state index in [-0.39, 0.29) is 0 Å². The zero-order valence-electron chi connectivity index (χ0n) is 12.7. The molecular formula is C11H26O4Si3. The summed E-state index contributed by atoms with van der Waals surface area (Å²) in [5.41, 5.74) is 2.02. The van der Waals surface area contributed by atoms with Gasteiger partial charge in [0.15, 0.2) is 16.6 Å². The summed E-state index contributed by atoms with van der Waals surface area (Å²) in [6, 6.07) is 0. The molecule has 0 radical (unpaired) electrons. The molecule has 0 aromatic rings. The molecular weight excluding hydrogens is 280 g/mol. The van der Waals surface area contributed by atoms with E-state index in [1.807, 2.05) is 6.55 Å². The van der Waals surface area contributed by atoms with Crippen molar-refractivity contribution in [3.8, 4) is 0 Å². The van der Waals surface area contributed by atoms with E-state index in [1.54, 1.807) is 12.6 Å². The van der Waals surface area contributed by atoms with Crippen LogP contribution in [0.25, 0.3) is 0 Å². The Morgan fingerprint density at radius 1 is 0.944 bits per heavy atom. The molecule has 0 aromatic heterocycles. The molecule has 1 N–H and O–H groups in total. The molecule has 18 heavy (non-hydrogen) atoms. The molecule has 0 heterocycles. The monoisotopic (exact) mass is 306 g/mol. The first-order valence-electron chi connectivity index (χ1n) is 6.07. The van der Waals surface area contributed by atoms with Crippen molar-refractivity contribution < 1.29 is 18.1 Å². The molecule has 0 aliphatic rings. The van der Waals surface area contributed by atoms with Crippen molar-refractivity contribution in [1.82, 2.24) is 0 Å². The Bertz CT molecular complexity index is 323. The van der Waals surface area contributed by atoms with E-state index in [0.717, 1.165) is 0 Å². The minimum absolute atomic E-state index is 0.306. The van der Waals surface area contributed by atoms with Crippen LogP contribution in [0.3, 0.4) is 0 Å². The Morgan fingerprint density at radius 3 is 1.50 bits per heavy atom. The second-order valence-corrected chi connectivity index (χ2v) is 19.0. The molecule has 0 saturated heterocycles. The molecule has 0 rings (SSSR count). The van der Waals surface area contributed by atoms with E-state index < -0.39 is 31.2 Å². The summed E-state index contributed by atoms with van der Waals surface area (Å²) in [6.07, 6.45) is 0. The predicted octanol–water partition coefficient (Wildman–Crippen LogP) is 3.33. The van der Waals surface area contributed by atoms with Crippen LogP contribution in [-0.4, -0.2) is 36.3 Å². The van der Waals surface area contributed by atoms with Crippen LogP contribution >= 0.6 is 0 Å². The van der Waals surface area contributed by atoms with Gasteiger partial charge in [-0.1, -0.05) is 0 Å². The first kappa shape index (κ1) is 17.8. The molecule has 4 nitrogen and oxygen atoms in total. The summed E-state index contributed by atoms with van der Waals surface area (Å²) in [7, 11) is -6.11. The van der Waals surface area contributed by atoms with Gasteiger partial charge < -0.3 is 13.3 Å². The van der Waals surface area contributed by atoms with E-state index in [2.05, 4.69) is 39.3 Å². The van der Waals surface area contributed by atoms with Crippen molar-refractivity contribution in [3.05, 3.63) is 11.3 Å². The third-order valence-corrected chi connectivity index (χ3v) is 10.9. The van der Waals surface area contributed by atoms with Crippen molar-refractivity contribution in [2.75, 3.05) is 0 Å². The van der Waals surface area contributed by atoms with Crippen LogP contribution in [0.5, 0.6) is 0 Å². The molecule has 0 atom stereocenters. The van der Waals surface area contributed by atoms with E-state index >= 15 is 0 Å². The van der Waals surface area contributed by atoms with E-state index in [0.29, 0.717) is 5.57 Å². The molecule has 0 aliphatic heterocycles. The fourth-order valence-corrected chi connectivity index (χ4v) is 13.4. The standard InChI is InChI=1S/C11H26O4Si3/c1-10(11(12)13)9-18(8,14-16(2,3)4)15-17(5,6)7/h9H,1-8H3,(H,12,13). The van der Waals surface area contributed by atoms with Gasteiger partial charge in [-0.2, -0.15) is 0 Å². The largest absolute Gasteiger partial charge is 0.478 e. The summed E-state index contributed by atoms with van der Waals surface area (Å²) in [4.78, 5) is 11.0. The smallest absolute Gasteiger partial charge is 0.341 e. The summed E-state index contributed by atoms with van der Waals surface area (Å²) in [5, 5.41) is 9.01. The number of carboxylic acid groups (broad SMARTS) is 1. The average Bonchev–Trinajstić information content (AvgIpc) is 1.93. The molecule has 7 heteroatoms. The fraction of sp³-hybridized carbons (Fsp3) is 0.727. The molecule has 0 fully saturated rings. The Hall–Kier alpha value is -0.219. The van der Waals surface area contributed by atoms with Crippen molar-refractivity contribution >= 4 is 31.2 Å². The third-order valence-electron chi connectivity index (χ3n) is 1.83. The van der Waals surface area contributed by atoms with Crippen LogP contribution in [0, 0.1) is 0 Å². The van der Waals surface area contributed by atoms with Gasteiger partial charge >= 0.3 is 14.5 Å². The van der Waals surface area contributed by atoms with Crippen LogP contribution in [0.15, 0.2) is 11.3 Å². The number of rotatable bonds is 6. The lowest BCUT2D eigenvalue weighted by Crippen LogP contribution is -2.51. The molecule has 0 saturated carbocycles. The maximum Gasteiger partial charge on any atom is 0.341 e. The van der Waals surface area contributed by atoms with E-state index in [4.69, 9.17) is 13.3 Å². The quantitative estimate of drug-likeness (QED) is 0.604. The number of hydrogen-bond donors (Lipinski definition) is 1. The second kappa shape index (κ2) is 5.83. The highest BCUT2D eigenvalue weighted by Gasteiger charge is 2.39. The minimum Gasteiger partial charge on any atom is -0.478 e. The van der Waals surface area contributed by atoms with Gasteiger partial charge in [-0.15, -0.1) is 0 Å². The van der Waals surface area contributed by atoms with Crippen LogP contribution in [0.1, 0.15) is 6.92 Å². The topological polar surface area (TPSA) is 55.8 Å². The zero-order chi connectivity index (χ0) is 14.8. The van der Waals surface area contributed by atoms with Crippen LogP contribution in [-0.2, 0) is 13.0 Å². The van der Waals surface area contributed by atoms with Gasteiger partial charge in [-0.25, -0.2) is 4.79 Å². The summed E-state index contributed by atoms with van der Waals surface area (Å²) >= 11 is 0. The Morgan fingerprint density at radius 2 is 1.28 bits per heavy atom. The zero-order valence-corrected chi connectivity index (χ0v) is 15.7. The predicted molar refractivity (Wildman–Crippen MR) is 81.9 cm³/mol. The highest BCUT2D eigenvalue weighted by atomic mass is 28.5. The number of carbonyl (C=O) groups is 1. The Kier molecular flexibility index (Phi) is 5.76. The molecule has 0 bridgehead atoms. The maximum absolute atomic E-state index is 11.0. The molecule has 0 amide bonds. The normalized spacial score (nSPS) is 14.8. The first-order valence-corrected chi connectivity index (χ1v) is 15.3. The highest BCUT2D eigenvalue weighted by Crippen LogP contribution is 2.22. The lowest BCUT2D eigenvalue weighted by molar-refractivity contribution is -0.132. The second-order valence-electron chi connectivity index (χ2n) is 6.58. The molecule has 106 valence electrons. The number of aliphatic carboxylic acids is 1. The lowest BCUT2D eigenvalue weighted by atomic mass is 10.4. The highest BCUT2D eigenvalue weighted by molar-refractivity contribution is 6.90.